The lowest BCUT2D eigenvalue weighted by atomic mass is 9.96. The summed E-state index contributed by atoms with van der Waals surface area (Å²) in [6, 6.07) is 0. The molecule has 1 atom stereocenters. The Hall–Kier alpha value is -0.760. The highest BCUT2D eigenvalue weighted by molar-refractivity contribution is 7.86. The zero-order chi connectivity index (χ0) is 27.6. The number of alkyl halides is 9. The fourth-order valence-corrected chi connectivity index (χ4v) is 3.64. The Bertz CT molecular complexity index is 667. The van der Waals surface area contributed by atoms with Gasteiger partial charge in [0, 0.05) is 0 Å². The van der Waals surface area contributed by atoms with Crippen molar-refractivity contribution in [2.24, 2.45) is 0 Å². The van der Waals surface area contributed by atoms with E-state index in [0.29, 0.717) is 19.3 Å². The Morgan fingerprint density at radius 3 is 1.38 bits per heavy atom. The van der Waals surface area contributed by atoms with Crippen molar-refractivity contribution in [1.82, 2.24) is 0 Å². The molecule has 0 fully saturated rings. The van der Waals surface area contributed by atoms with Crippen LogP contribution in [0.25, 0.3) is 0 Å². The summed E-state index contributed by atoms with van der Waals surface area (Å²) in [5, 5.41) is -7.06. The number of hydrogen-bond donors (Lipinski definition) is 0. The SMILES string of the molecule is CCCCCCCC(F)C(F)(F)C(F)(F)C(F)(F)C(F)(F)S(=O)(=O)[O-].CC[N+](CC)(CC)CC. The van der Waals surface area contributed by atoms with Crippen molar-refractivity contribution in [2.75, 3.05) is 26.2 Å². The van der Waals surface area contributed by atoms with Crippen molar-refractivity contribution in [2.45, 2.75) is 102 Å². The number of unbranched alkanes of at least 4 members (excludes halogenated alkanes) is 4. The van der Waals surface area contributed by atoms with Gasteiger partial charge in [0.2, 0.25) is 0 Å². The first-order valence-electron chi connectivity index (χ1n) is 11.2. The molecule has 0 spiro atoms. The molecule has 0 aromatic carbocycles. The average Bonchev–Trinajstić information content (AvgIpc) is 2.74. The van der Waals surface area contributed by atoms with Gasteiger partial charge in [-0.15, -0.1) is 0 Å². The van der Waals surface area contributed by atoms with Crippen LogP contribution in [0.15, 0.2) is 0 Å². The van der Waals surface area contributed by atoms with E-state index in [1.54, 1.807) is 6.92 Å². The lowest BCUT2D eigenvalue weighted by Crippen LogP contribution is -2.66. The van der Waals surface area contributed by atoms with Crippen molar-refractivity contribution in [3.63, 3.8) is 0 Å². The number of quaternary nitrogens is 1. The van der Waals surface area contributed by atoms with Crippen molar-refractivity contribution in [3.05, 3.63) is 0 Å². The minimum absolute atomic E-state index is 0.109. The molecular weight excluding hydrogens is 505 g/mol. The molecule has 0 rings (SSSR count). The topological polar surface area (TPSA) is 57.2 Å². The first-order valence-corrected chi connectivity index (χ1v) is 12.6. The van der Waals surface area contributed by atoms with Crippen molar-refractivity contribution < 1.29 is 57.0 Å². The first-order chi connectivity index (χ1) is 15.2. The lowest BCUT2D eigenvalue weighted by Gasteiger charge is -2.38. The quantitative estimate of drug-likeness (QED) is 0.101. The van der Waals surface area contributed by atoms with Gasteiger partial charge in [-0.3, -0.25) is 0 Å². The number of nitrogens with zero attached hydrogens (tertiary/aromatic N) is 1. The summed E-state index contributed by atoms with van der Waals surface area (Å²) in [6.45, 7) is 16.0. The molecular formula is C20H36F9NO3S. The van der Waals surface area contributed by atoms with Crippen LogP contribution in [0, 0.1) is 0 Å². The van der Waals surface area contributed by atoms with Gasteiger partial charge >= 0.3 is 23.0 Å². The van der Waals surface area contributed by atoms with E-state index in [9.17, 15) is 52.5 Å². The van der Waals surface area contributed by atoms with E-state index in [-0.39, 0.29) is 6.42 Å². The third-order valence-corrected chi connectivity index (χ3v) is 7.01. The van der Waals surface area contributed by atoms with Crippen molar-refractivity contribution >= 4 is 10.1 Å². The molecule has 0 bridgehead atoms. The van der Waals surface area contributed by atoms with E-state index in [2.05, 4.69) is 27.7 Å². The molecule has 0 saturated carbocycles. The number of halogens is 9. The summed E-state index contributed by atoms with van der Waals surface area (Å²) in [4.78, 5) is 0. The maximum absolute atomic E-state index is 13.4. The summed E-state index contributed by atoms with van der Waals surface area (Å²) in [6.07, 6.45) is -3.83. The molecule has 0 amide bonds. The van der Waals surface area contributed by atoms with E-state index in [0.717, 1.165) is 0 Å². The Balaban J connectivity index is 0. The molecule has 0 aromatic rings. The normalized spacial score (nSPS) is 15.0. The van der Waals surface area contributed by atoms with Gasteiger partial charge in [0.25, 0.3) is 0 Å². The third-order valence-electron chi connectivity index (χ3n) is 6.13. The minimum atomic E-state index is -7.43. The second-order valence-corrected chi connectivity index (χ2v) is 9.44. The van der Waals surface area contributed by atoms with Crippen LogP contribution < -0.4 is 0 Å². The van der Waals surface area contributed by atoms with E-state index >= 15 is 0 Å². The Kier molecular flexibility index (Phi) is 14.1. The Labute approximate surface area is 196 Å². The molecule has 0 N–H and O–H groups in total. The van der Waals surface area contributed by atoms with Gasteiger partial charge < -0.3 is 9.04 Å². The predicted octanol–water partition coefficient (Wildman–Crippen LogP) is 6.61. The molecule has 0 aromatic heterocycles. The molecule has 0 aliphatic rings. The minimum Gasteiger partial charge on any atom is -0.743 e. The summed E-state index contributed by atoms with van der Waals surface area (Å²) in [7, 11) is -7.43. The van der Waals surface area contributed by atoms with Gasteiger partial charge in [0.15, 0.2) is 16.3 Å². The lowest BCUT2D eigenvalue weighted by molar-refractivity contribution is -0.921. The molecule has 208 valence electrons. The highest BCUT2D eigenvalue weighted by Crippen LogP contribution is 2.55. The maximum Gasteiger partial charge on any atom is 0.402 e. The smallest absolute Gasteiger partial charge is 0.402 e. The van der Waals surface area contributed by atoms with Crippen molar-refractivity contribution in [3.8, 4) is 0 Å². The average molecular weight is 542 g/mol. The fourth-order valence-electron chi connectivity index (χ4n) is 3.20. The maximum atomic E-state index is 13.4. The zero-order valence-electron chi connectivity index (χ0n) is 20.1. The molecule has 0 radical (unpaired) electrons. The van der Waals surface area contributed by atoms with E-state index < -0.39 is 52.2 Å². The molecule has 0 aliphatic heterocycles. The number of rotatable bonds is 15. The van der Waals surface area contributed by atoms with Gasteiger partial charge in [0.1, 0.15) is 0 Å². The molecule has 1 unspecified atom stereocenters. The largest absolute Gasteiger partial charge is 0.743 e. The number of hydrogen-bond acceptors (Lipinski definition) is 3. The van der Waals surface area contributed by atoms with Crippen LogP contribution in [0.4, 0.5) is 39.5 Å². The summed E-state index contributed by atoms with van der Waals surface area (Å²) < 4.78 is 150. The van der Waals surface area contributed by atoms with Crippen LogP contribution in [0.1, 0.15) is 73.1 Å². The third kappa shape index (κ3) is 7.87. The Morgan fingerprint density at radius 2 is 1.09 bits per heavy atom. The molecule has 0 heterocycles. The van der Waals surface area contributed by atoms with Crippen molar-refractivity contribution in [1.29, 1.82) is 0 Å². The standard InChI is InChI=1S/C12H17F9O3S.C8H20N/c1-2-3-4-5-6-7-8(13)9(14,15)10(16,17)11(18,19)12(20,21)25(22,23)24;1-5-9(6-2,7-3)8-4/h8H,2-7H2,1H3,(H,22,23,24);5-8H2,1-4H3/q;+1/p-1. The van der Waals surface area contributed by atoms with Crippen LogP contribution in [0.3, 0.4) is 0 Å². The molecule has 34 heavy (non-hydrogen) atoms. The first kappa shape index (κ1) is 35.4. The Morgan fingerprint density at radius 1 is 0.706 bits per heavy atom. The van der Waals surface area contributed by atoms with Gasteiger partial charge in [0.05, 0.1) is 26.2 Å². The van der Waals surface area contributed by atoms with Crippen LogP contribution in [-0.2, 0) is 10.1 Å². The highest BCUT2D eigenvalue weighted by Gasteiger charge is 2.84. The fraction of sp³-hybridized carbons (Fsp3) is 1.00. The highest BCUT2D eigenvalue weighted by atomic mass is 32.2. The van der Waals surface area contributed by atoms with E-state index in [1.807, 2.05) is 0 Å². The van der Waals surface area contributed by atoms with E-state index in [1.165, 1.54) is 30.7 Å². The molecule has 14 heteroatoms. The van der Waals surface area contributed by atoms with Gasteiger partial charge in [-0.05, 0) is 34.1 Å². The predicted molar refractivity (Wildman–Crippen MR) is 110 cm³/mol. The summed E-state index contributed by atoms with van der Waals surface area (Å²) in [5.74, 6) is -20.8. The van der Waals surface area contributed by atoms with Gasteiger partial charge in [-0.2, -0.15) is 35.1 Å². The summed E-state index contributed by atoms with van der Waals surface area (Å²) >= 11 is 0. The summed E-state index contributed by atoms with van der Waals surface area (Å²) in [5.41, 5.74) is 0. The van der Waals surface area contributed by atoms with Gasteiger partial charge in [-0.25, -0.2) is 12.8 Å². The van der Waals surface area contributed by atoms with Crippen LogP contribution in [0.5, 0.6) is 0 Å². The van der Waals surface area contributed by atoms with Crippen LogP contribution >= 0.6 is 0 Å². The second-order valence-electron chi connectivity index (χ2n) is 8.02. The van der Waals surface area contributed by atoms with Crippen LogP contribution in [0.2, 0.25) is 0 Å². The van der Waals surface area contributed by atoms with Crippen LogP contribution in [-0.4, -0.2) is 72.8 Å². The molecule has 0 saturated heterocycles. The molecule has 4 nitrogen and oxygen atoms in total. The zero-order valence-corrected chi connectivity index (χ0v) is 20.9. The second kappa shape index (κ2) is 13.5. The van der Waals surface area contributed by atoms with E-state index in [4.69, 9.17) is 0 Å². The monoisotopic (exact) mass is 541 g/mol. The molecule has 0 aliphatic carbocycles. The van der Waals surface area contributed by atoms with Gasteiger partial charge in [-0.1, -0.05) is 39.0 Å².